The highest BCUT2D eigenvalue weighted by molar-refractivity contribution is 4.85. The molecule has 2 saturated carbocycles. The highest BCUT2D eigenvalue weighted by Gasteiger charge is 2.29. The summed E-state index contributed by atoms with van der Waals surface area (Å²) in [4.78, 5) is 0. The maximum atomic E-state index is 10.2. The van der Waals surface area contributed by atoms with E-state index in [1.165, 1.54) is 38.5 Å². The smallest absolute Gasteiger partial charge is 0.0771 e. The summed E-state index contributed by atoms with van der Waals surface area (Å²) in [7, 11) is 0. The van der Waals surface area contributed by atoms with Crippen molar-refractivity contribution in [3.05, 3.63) is 0 Å². The number of rotatable bonds is 4. The van der Waals surface area contributed by atoms with Gasteiger partial charge < -0.3 is 10.4 Å². The van der Waals surface area contributed by atoms with Gasteiger partial charge >= 0.3 is 0 Å². The number of nitrogens with one attached hydrogen (secondary N) is 1. The molecule has 2 N–H and O–H groups in total. The van der Waals surface area contributed by atoms with E-state index in [9.17, 15) is 5.11 Å². The number of hydrogen-bond donors (Lipinski definition) is 2. The van der Waals surface area contributed by atoms with Crippen LogP contribution in [0, 0.1) is 5.92 Å². The summed E-state index contributed by atoms with van der Waals surface area (Å²) in [6.45, 7) is 1.95. The summed E-state index contributed by atoms with van der Waals surface area (Å²) in [6, 6.07) is 0. The van der Waals surface area contributed by atoms with Gasteiger partial charge in [0.05, 0.1) is 5.60 Å². The molecule has 0 radical (unpaired) electrons. The molecule has 0 aliphatic heterocycles. The molecule has 2 heteroatoms. The van der Waals surface area contributed by atoms with Gasteiger partial charge in [-0.3, -0.25) is 0 Å². The van der Waals surface area contributed by atoms with E-state index in [1.54, 1.807) is 0 Å². The largest absolute Gasteiger partial charge is 0.389 e. The van der Waals surface area contributed by atoms with Gasteiger partial charge in [0, 0.05) is 6.54 Å². The lowest BCUT2D eigenvalue weighted by Crippen LogP contribution is -2.44. The fourth-order valence-electron chi connectivity index (χ4n) is 2.59. The fraction of sp³-hybridized carbons (Fsp3) is 1.00. The topological polar surface area (TPSA) is 32.3 Å². The van der Waals surface area contributed by atoms with Crippen LogP contribution in [0.2, 0.25) is 0 Å². The first-order valence-corrected chi connectivity index (χ1v) is 6.22. The molecule has 0 heterocycles. The van der Waals surface area contributed by atoms with Gasteiger partial charge in [0.1, 0.15) is 0 Å². The van der Waals surface area contributed by atoms with E-state index >= 15 is 0 Å². The molecule has 0 unspecified atom stereocenters. The van der Waals surface area contributed by atoms with Crippen molar-refractivity contribution in [1.29, 1.82) is 0 Å². The maximum absolute atomic E-state index is 10.2. The lowest BCUT2D eigenvalue weighted by molar-refractivity contribution is 0.00364. The van der Waals surface area contributed by atoms with Gasteiger partial charge in [0.25, 0.3) is 0 Å². The van der Waals surface area contributed by atoms with Gasteiger partial charge in [0.15, 0.2) is 0 Å². The minimum absolute atomic E-state index is 0.373. The number of hydrogen-bond acceptors (Lipinski definition) is 2. The summed E-state index contributed by atoms with van der Waals surface area (Å²) in [5.74, 6) is 0.905. The van der Waals surface area contributed by atoms with E-state index in [0.717, 1.165) is 31.8 Å². The Kier molecular flexibility index (Phi) is 3.45. The van der Waals surface area contributed by atoms with Gasteiger partial charge in [-0.15, -0.1) is 0 Å². The van der Waals surface area contributed by atoms with Gasteiger partial charge in [0.2, 0.25) is 0 Å². The van der Waals surface area contributed by atoms with E-state index in [4.69, 9.17) is 0 Å². The van der Waals surface area contributed by atoms with Crippen LogP contribution in [0.1, 0.15) is 51.4 Å². The zero-order valence-electron chi connectivity index (χ0n) is 9.10. The second-order valence-corrected chi connectivity index (χ2v) is 5.21. The van der Waals surface area contributed by atoms with Crippen molar-refractivity contribution < 1.29 is 5.11 Å². The molecule has 2 rings (SSSR count). The highest BCUT2D eigenvalue weighted by Crippen LogP contribution is 2.28. The Labute approximate surface area is 87.1 Å². The molecule has 0 bridgehead atoms. The molecule has 2 fully saturated rings. The van der Waals surface area contributed by atoms with Crippen LogP contribution in [-0.2, 0) is 0 Å². The van der Waals surface area contributed by atoms with Gasteiger partial charge in [-0.2, -0.15) is 0 Å². The van der Waals surface area contributed by atoms with Crippen molar-refractivity contribution in [2.24, 2.45) is 5.92 Å². The Balaban J connectivity index is 1.62. The average molecular weight is 197 g/mol. The van der Waals surface area contributed by atoms with E-state index in [-0.39, 0.29) is 5.60 Å². The molecule has 0 aromatic carbocycles. The second-order valence-electron chi connectivity index (χ2n) is 5.21. The zero-order chi connectivity index (χ0) is 9.86. The molecule has 0 saturated heterocycles. The second kappa shape index (κ2) is 4.63. The fourth-order valence-corrected chi connectivity index (χ4v) is 2.59. The molecule has 14 heavy (non-hydrogen) atoms. The summed E-state index contributed by atoms with van der Waals surface area (Å²) < 4.78 is 0. The molecule has 2 aliphatic carbocycles. The van der Waals surface area contributed by atoms with Gasteiger partial charge in [-0.25, -0.2) is 0 Å². The SMILES string of the molecule is OC1(CNCC2CCC2)CCCCC1. The molecular formula is C12H23NO. The van der Waals surface area contributed by atoms with Crippen LogP contribution < -0.4 is 5.32 Å². The Morgan fingerprint density at radius 3 is 2.36 bits per heavy atom. The molecule has 0 aromatic rings. The normalized spacial score (nSPS) is 27.2. The van der Waals surface area contributed by atoms with E-state index in [0.29, 0.717) is 0 Å². The van der Waals surface area contributed by atoms with Crippen LogP contribution in [0.25, 0.3) is 0 Å². The first kappa shape index (κ1) is 10.4. The maximum Gasteiger partial charge on any atom is 0.0771 e. The van der Waals surface area contributed by atoms with Crippen molar-refractivity contribution in [1.82, 2.24) is 5.32 Å². The predicted octanol–water partition coefficient (Wildman–Crippen LogP) is 2.07. The van der Waals surface area contributed by atoms with Crippen LogP contribution in [0.3, 0.4) is 0 Å². The number of aliphatic hydroxyl groups is 1. The zero-order valence-corrected chi connectivity index (χ0v) is 9.10. The Bertz CT molecular complexity index is 171. The summed E-state index contributed by atoms with van der Waals surface area (Å²) in [5.41, 5.74) is -0.373. The quantitative estimate of drug-likeness (QED) is 0.723. The van der Waals surface area contributed by atoms with E-state index < -0.39 is 0 Å². The molecule has 0 atom stereocenters. The lowest BCUT2D eigenvalue weighted by Gasteiger charge is -2.34. The van der Waals surface area contributed by atoms with Crippen molar-refractivity contribution >= 4 is 0 Å². The van der Waals surface area contributed by atoms with E-state index in [1.807, 2.05) is 0 Å². The molecule has 82 valence electrons. The molecular weight excluding hydrogens is 174 g/mol. The van der Waals surface area contributed by atoms with E-state index in [2.05, 4.69) is 5.32 Å². The molecule has 0 amide bonds. The lowest BCUT2D eigenvalue weighted by atomic mass is 9.83. The van der Waals surface area contributed by atoms with Gasteiger partial charge in [-0.05, 0) is 38.1 Å². The molecule has 2 aliphatic rings. The van der Waals surface area contributed by atoms with Crippen LogP contribution >= 0.6 is 0 Å². The predicted molar refractivity (Wildman–Crippen MR) is 58.2 cm³/mol. The molecule has 0 aromatic heterocycles. The first-order chi connectivity index (χ1) is 6.79. The van der Waals surface area contributed by atoms with Crippen molar-refractivity contribution in [3.63, 3.8) is 0 Å². The summed E-state index contributed by atoms with van der Waals surface area (Å²) in [5, 5.41) is 13.7. The highest BCUT2D eigenvalue weighted by atomic mass is 16.3. The monoisotopic (exact) mass is 197 g/mol. The van der Waals surface area contributed by atoms with Crippen molar-refractivity contribution in [2.75, 3.05) is 13.1 Å². The first-order valence-electron chi connectivity index (χ1n) is 6.22. The summed E-state index contributed by atoms with van der Waals surface area (Å²) in [6.07, 6.45) is 9.94. The third-order valence-corrected chi connectivity index (χ3v) is 3.90. The average Bonchev–Trinajstić information content (AvgIpc) is 2.11. The van der Waals surface area contributed by atoms with Gasteiger partial charge in [-0.1, -0.05) is 25.7 Å². The third kappa shape index (κ3) is 2.71. The third-order valence-electron chi connectivity index (χ3n) is 3.90. The van der Waals surface area contributed by atoms with Crippen LogP contribution in [0.4, 0.5) is 0 Å². The van der Waals surface area contributed by atoms with Crippen molar-refractivity contribution in [2.45, 2.75) is 57.0 Å². The van der Waals surface area contributed by atoms with Crippen LogP contribution in [0.15, 0.2) is 0 Å². The Morgan fingerprint density at radius 1 is 1.07 bits per heavy atom. The van der Waals surface area contributed by atoms with Crippen LogP contribution in [0.5, 0.6) is 0 Å². The Morgan fingerprint density at radius 2 is 1.79 bits per heavy atom. The minimum atomic E-state index is -0.373. The minimum Gasteiger partial charge on any atom is -0.389 e. The standard InChI is InChI=1S/C12H23NO/c14-12(7-2-1-3-8-12)10-13-9-11-5-4-6-11/h11,13-14H,1-10H2. The van der Waals surface area contributed by atoms with Crippen LogP contribution in [-0.4, -0.2) is 23.8 Å². The Hall–Kier alpha value is -0.0800. The molecule has 0 spiro atoms. The van der Waals surface area contributed by atoms with Crippen molar-refractivity contribution in [3.8, 4) is 0 Å². The molecule has 2 nitrogen and oxygen atoms in total. The summed E-state index contributed by atoms with van der Waals surface area (Å²) >= 11 is 0.